The van der Waals surface area contributed by atoms with E-state index in [4.69, 9.17) is 4.74 Å². The van der Waals surface area contributed by atoms with Gasteiger partial charge in [0, 0.05) is 37.1 Å². The number of aldehydes is 1. The molecular weight excluding hydrogens is 216 g/mol. The van der Waals surface area contributed by atoms with Crippen molar-refractivity contribution in [3.05, 3.63) is 35.8 Å². The molecule has 0 unspecified atom stereocenters. The van der Waals surface area contributed by atoms with Gasteiger partial charge in [-0.15, -0.1) is 0 Å². The number of fused-ring (bicyclic) bond motifs is 1. The summed E-state index contributed by atoms with van der Waals surface area (Å²) in [6.45, 7) is 1.64. The molecule has 17 heavy (non-hydrogen) atoms. The van der Waals surface area contributed by atoms with Gasteiger partial charge in [0.2, 0.25) is 0 Å². The lowest BCUT2D eigenvalue weighted by atomic mass is 9.97. The molecule has 1 aliphatic rings. The van der Waals surface area contributed by atoms with Gasteiger partial charge in [0.15, 0.2) is 6.29 Å². The molecule has 0 amide bonds. The molecule has 0 aromatic carbocycles. The third-order valence-corrected chi connectivity index (χ3v) is 3.27. The van der Waals surface area contributed by atoms with Crippen molar-refractivity contribution in [1.29, 1.82) is 0 Å². The molecule has 2 aromatic heterocycles. The highest BCUT2D eigenvalue weighted by molar-refractivity contribution is 5.74. The first-order chi connectivity index (χ1) is 8.36. The van der Waals surface area contributed by atoms with Crippen molar-refractivity contribution in [3.8, 4) is 0 Å². The van der Waals surface area contributed by atoms with Gasteiger partial charge >= 0.3 is 0 Å². The van der Waals surface area contributed by atoms with Crippen LogP contribution in [0, 0.1) is 0 Å². The van der Waals surface area contributed by atoms with Crippen LogP contribution in [0.15, 0.2) is 24.5 Å². The zero-order chi connectivity index (χ0) is 11.7. The Kier molecular flexibility index (Phi) is 2.65. The highest BCUT2D eigenvalue weighted by atomic mass is 16.5. The topological polar surface area (TPSA) is 43.6 Å². The lowest BCUT2D eigenvalue weighted by Gasteiger charge is -2.19. The fourth-order valence-electron chi connectivity index (χ4n) is 2.29. The monoisotopic (exact) mass is 230 g/mol. The predicted molar refractivity (Wildman–Crippen MR) is 63.4 cm³/mol. The van der Waals surface area contributed by atoms with Crippen LogP contribution in [0.4, 0.5) is 0 Å². The second-order valence-electron chi connectivity index (χ2n) is 4.40. The summed E-state index contributed by atoms with van der Waals surface area (Å²) in [5.74, 6) is 0.489. The molecule has 0 saturated carbocycles. The maximum atomic E-state index is 10.7. The molecule has 2 aromatic rings. The van der Waals surface area contributed by atoms with E-state index in [2.05, 4.69) is 4.98 Å². The summed E-state index contributed by atoms with van der Waals surface area (Å²) in [6, 6.07) is 3.68. The van der Waals surface area contributed by atoms with E-state index in [9.17, 15) is 4.79 Å². The Morgan fingerprint density at radius 3 is 2.88 bits per heavy atom. The smallest absolute Gasteiger partial charge is 0.151 e. The van der Waals surface area contributed by atoms with Gasteiger partial charge in [-0.2, -0.15) is 0 Å². The van der Waals surface area contributed by atoms with E-state index in [1.807, 2.05) is 22.9 Å². The maximum Gasteiger partial charge on any atom is 0.151 e. The van der Waals surface area contributed by atoms with Crippen molar-refractivity contribution in [1.82, 2.24) is 9.38 Å². The van der Waals surface area contributed by atoms with E-state index in [0.717, 1.165) is 43.7 Å². The van der Waals surface area contributed by atoms with Gasteiger partial charge in [0.05, 0.1) is 5.69 Å². The zero-order valence-corrected chi connectivity index (χ0v) is 9.50. The lowest BCUT2D eigenvalue weighted by Crippen LogP contribution is -2.14. The Morgan fingerprint density at radius 2 is 2.12 bits per heavy atom. The second kappa shape index (κ2) is 4.30. The Bertz CT molecular complexity index is 541. The van der Waals surface area contributed by atoms with E-state index in [1.54, 1.807) is 6.07 Å². The fraction of sp³-hybridized carbons (Fsp3) is 0.385. The Hall–Kier alpha value is -1.68. The molecule has 0 radical (unpaired) electrons. The summed E-state index contributed by atoms with van der Waals surface area (Å²) in [5, 5.41) is 0. The number of rotatable bonds is 2. The first-order valence-corrected chi connectivity index (χ1v) is 5.88. The van der Waals surface area contributed by atoms with Crippen LogP contribution in [-0.2, 0) is 4.74 Å². The van der Waals surface area contributed by atoms with Crippen LogP contribution in [0.2, 0.25) is 0 Å². The number of aromatic nitrogens is 2. The average molecular weight is 230 g/mol. The Balaban J connectivity index is 1.97. The first kappa shape index (κ1) is 10.5. The highest BCUT2D eigenvalue weighted by Gasteiger charge is 2.18. The SMILES string of the molecule is O=Cc1ccc2nc(C3CCOCC3)cn2c1. The molecule has 4 heteroatoms. The van der Waals surface area contributed by atoms with Crippen molar-refractivity contribution in [2.75, 3.05) is 13.2 Å². The van der Waals surface area contributed by atoms with E-state index in [0.29, 0.717) is 11.5 Å². The minimum Gasteiger partial charge on any atom is -0.381 e. The molecule has 0 atom stereocenters. The quantitative estimate of drug-likeness (QED) is 0.741. The number of pyridine rings is 1. The number of nitrogens with zero attached hydrogens (tertiary/aromatic N) is 2. The summed E-state index contributed by atoms with van der Waals surface area (Å²) in [6.07, 6.45) is 6.76. The number of carbonyl (C=O) groups is 1. The van der Waals surface area contributed by atoms with Crippen LogP contribution in [0.1, 0.15) is 34.8 Å². The molecule has 0 N–H and O–H groups in total. The van der Waals surface area contributed by atoms with Gasteiger partial charge in [-0.05, 0) is 25.0 Å². The number of imidazole rings is 1. The van der Waals surface area contributed by atoms with Crippen molar-refractivity contribution < 1.29 is 9.53 Å². The van der Waals surface area contributed by atoms with Crippen molar-refractivity contribution in [2.24, 2.45) is 0 Å². The molecule has 0 bridgehead atoms. The van der Waals surface area contributed by atoms with Crippen LogP contribution >= 0.6 is 0 Å². The van der Waals surface area contributed by atoms with Gasteiger partial charge < -0.3 is 9.14 Å². The molecular formula is C13H14N2O2. The average Bonchev–Trinajstić information content (AvgIpc) is 2.82. The number of carbonyl (C=O) groups excluding carboxylic acids is 1. The summed E-state index contributed by atoms with van der Waals surface area (Å²) < 4.78 is 7.28. The molecule has 0 spiro atoms. The molecule has 4 nitrogen and oxygen atoms in total. The third kappa shape index (κ3) is 1.96. The normalized spacial score (nSPS) is 17.4. The van der Waals surface area contributed by atoms with Crippen LogP contribution < -0.4 is 0 Å². The first-order valence-electron chi connectivity index (χ1n) is 5.88. The van der Waals surface area contributed by atoms with Crippen molar-refractivity contribution >= 4 is 11.9 Å². The summed E-state index contributed by atoms with van der Waals surface area (Å²) >= 11 is 0. The van der Waals surface area contributed by atoms with Gasteiger partial charge in [-0.3, -0.25) is 4.79 Å². The number of hydrogen-bond donors (Lipinski definition) is 0. The van der Waals surface area contributed by atoms with Gasteiger partial charge in [0.1, 0.15) is 5.65 Å². The van der Waals surface area contributed by atoms with Crippen molar-refractivity contribution in [2.45, 2.75) is 18.8 Å². The molecule has 1 fully saturated rings. The van der Waals surface area contributed by atoms with E-state index in [-0.39, 0.29) is 0 Å². The molecule has 0 aliphatic carbocycles. The molecule has 3 rings (SSSR count). The molecule has 88 valence electrons. The van der Waals surface area contributed by atoms with Gasteiger partial charge in [-0.25, -0.2) is 4.98 Å². The molecule has 3 heterocycles. The van der Waals surface area contributed by atoms with E-state index >= 15 is 0 Å². The minimum absolute atomic E-state index is 0.489. The highest BCUT2D eigenvalue weighted by Crippen LogP contribution is 2.26. The standard InChI is InChI=1S/C13H14N2O2/c16-9-10-1-2-13-14-12(8-15(13)7-10)11-3-5-17-6-4-11/h1-2,7-9,11H,3-6H2. The predicted octanol–water partition coefficient (Wildman–Crippen LogP) is 2.04. The van der Waals surface area contributed by atoms with Crippen LogP contribution in [0.3, 0.4) is 0 Å². The zero-order valence-electron chi connectivity index (χ0n) is 9.50. The van der Waals surface area contributed by atoms with E-state index < -0.39 is 0 Å². The second-order valence-corrected chi connectivity index (χ2v) is 4.40. The van der Waals surface area contributed by atoms with Crippen molar-refractivity contribution in [3.63, 3.8) is 0 Å². The van der Waals surface area contributed by atoms with Crippen LogP contribution in [-0.4, -0.2) is 28.9 Å². The molecule has 1 aliphatic heterocycles. The van der Waals surface area contributed by atoms with Crippen LogP contribution in [0.5, 0.6) is 0 Å². The summed E-state index contributed by atoms with van der Waals surface area (Å²) in [4.78, 5) is 15.3. The van der Waals surface area contributed by atoms with Gasteiger partial charge in [-0.1, -0.05) is 0 Å². The minimum atomic E-state index is 0.489. The Labute approximate surface area is 99.2 Å². The molecule has 1 saturated heterocycles. The van der Waals surface area contributed by atoms with E-state index in [1.165, 1.54) is 0 Å². The van der Waals surface area contributed by atoms with Gasteiger partial charge in [0.25, 0.3) is 0 Å². The summed E-state index contributed by atoms with van der Waals surface area (Å²) in [5.41, 5.74) is 2.68. The van der Waals surface area contributed by atoms with Crippen LogP contribution in [0.25, 0.3) is 5.65 Å². The number of ether oxygens (including phenoxy) is 1. The lowest BCUT2D eigenvalue weighted by molar-refractivity contribution is 0.0846. The third-order valence-electron chi connectivity index (χ3n) is 3.27. The number of hydrogen-bond acceptors (Lipinski definition) is 3. The largest absolute Gasteiger partial charge is 0.381 e. The summed E-state index contributed by atoms with van der Waals surface area (Å²) in [7, 11) is 0. The Morgan fingerprint density at radius 1 is 1.29 bits per heavy atom. The fourth-order valence-corrected chi connectivity index (χ4v) is 2.29. The maximum absolute atomic E-state index is 10.7.